The first kappa shape index (κ1) is 11.5. The van der Waals surface area contributed by atoms with Crippen molar-refractivity contribution < 1.29 is 28.1 Å². The van der Waals surface area contributed by atoms with Crippen molar-refractivity contribution in [2.75, 3.05) is 19.8 Å². The molecule has 0 aromatic carbocycles. The summed E-state index contributed by atoms with van der Waals surface area (Å²) < 4.78 is 42.0. The Bertz CT molecular complexity index is 236. The van der Waals surface area contributed by atoms with Crippen LogP contribution in [0.2, 0.25) is 0 Å². The van der Waals surface area contributed by atoms with E-state index in [4.69, 9.17) is 9.84 Å². The van der Waals surface area contributed by atoms with Gasteiger partial charge in [-0.15, -0.1) is 0 Å². The first-order valence-electron chi connectivity index (χ1n) is 4.09. The Balaban J connectivity index is 2.94. The maximum Gasteiger partial charge on any atom is 0.423 e. The molecule has 1 heterocycles. The smallest absolute Gasteiger partial charge is 0.393 e. The minimum atomic E-state index is -4.86. The molecule has 2 N–H and O–H groups in total. The van der Waals surface area contributed by atoms with Crippen LogP contribution in [0.5, 0.6) is 0 Å². The van der Waals surface area contributed by atoms with Gasteiger partial charge in [0, 0.05) is 0 Å². The number of hydrogen-bond donors (Lipinski definition) is 2. The second-order valence-corrected chi connectivity index (χ2v) is 3.07. The second-order valence-electron chi connectivity index (χ2n) is 3.07. The van der Waals surface area contributed by atoms with Crippen LogP contribution in [0.25, 0.3) is 0 Å². The van der Waals surface area contributed by atoms with Crippen LogP contribution in [0.3, 0.4) is 0 Å². The molecule has 0 spiro atoms. The van der Waals surface area contributed by atoms with Gasteiger partial charge in [-0.3, -0.25) is 0 Å². The monoisotopic (exact) mass is 212 g/mol. The Kier molecular flexibility index (Phi) is 3.18. The van der Waals surface area contributed by atoms with E-state index in [1.165, 1.54) is 0 Å². The van der Waals surface area contributed by atoms with E-state index in [2.05, 4.69) is 0 Å². The van der Waals surface area contributed by atoms with Gasteiger partial charge in [-0.1, -0.05) is 6.08 Å². The Morgan fingerprint density at radius 3 is 2.43 bits per heavy atom. The van der Waals surface area contributed by atoms with Crippen molar-refractivity contribution in [3.63, 3.8) is 0 Å². The molecule has 0 amide bonds. The predicted octanol–water partition coefficient (Wildman–Crippen LogP) is 0.619. The lowest BCUT2D eigenvalue weighted by Crippen LogP contribution is -2.50. The Hall–Kier alpha value is -0.590. The molecule has 1 aliphatic rings. The lowest BCUT2D eigenvalue weighted by molar-refractivity contribution is -0.256. The minimum absolute atomic E-state index is 0.0173. The highest BCUT2D eigenvalue weighted by Gasteiger charge is 2.55. The molecule has 0 aliphatic carbocycles. The van der Waals surface area contributed by atoms with Crippen molar-refractivity contribution in [1.82, 2.24) is 0 Å². The number of halogens is 3. The summed E-state index contributed by atoms with van der Waals surface area (Å²) in [4.78, 5) is 0. The molecule has 0 aromatic heterocycles. The molecule has 1 unspecified atom stereocenters. The Morgan fingerprint density at radius 2 is 2.07 bits per heavy atom. The van der Waals surface area contributed by atoms with E-state index in [0.29, 0.717) is 0 Å². The first-order chi connectivity index (χ1) is 6.42. The van der Waals surface area contributed by atoms with Crippen molar-refractivity contribution in [2.24, 2.45) is 0 Å². The third-order valence-electron chi connectivity index (χ3n) is 2.19. The second kappa shape index (κ2) is 3.88. The molecule has 14 heavy (non-hydrogen) atoms. The molecule has 1 rings (SSSR count). The fourth-order valence-electron chi connectivity index (χ4n) is 1.28. The average Bonchev–Trinajstić information content (AvgIpc) is 2.16. The molecule has 0 saturated heterocycles. The van der Waals surface area contributed by atoms with Gasteiger partial charge in [0.25, 0.3) is 0 Å². The SMILES string of the molecule is OCC(O)(C1=CCOCC1)C(F)(F)F. The fraction of sp³-hybridized carbons (Fsp3) is 0.750. The standard InChI is InChI=1S/C8H11F3O3/c9-8(10,11)7(13,5-12)6-1-3-14-4-2-6/h1,12-13H,2-5H2. The van der Waals surface area contributed by atoms with E-state index in [1.54, 1.807) is 0 Å². The molecule has 6 heteroatoms. The number of hydrogen-bond acceptors (Lipinski definition) is 3. The number of aliphatic hydroxyl groups excluding tert-OH is 1. The van der Waals surface area contributed by atoms with Crippen LogP contribution >= 0.6 is 0 Å². The largest absolute Gasteiger partial charge is 0.423 e. The van der Waals surface area contributed by atoms with Crippen molar-refractivity contribution in [1.29, 1.82) is 0 Å². The van der Waals surface area contributed by atoms with E-state index in [1.807, 2.05) is 0 Å². The van der Waals surface area contributed by atoms with Gasteiger partial charge in [-0.25, -0.2) is 0 Å². The van der Waals surface area contributed by atoms with Crippen LogP contribution in [-0.4, -0.2) is 41.8 Å². The van der Waals surface area contributed by atoms with Crippen LogP contribution in [0.15, 0.2) is 11.6 Å². The van der Waals surface area contributed by atoms with Crippen LogP contribution in [-0.2, 0) is 4.74 Å². The topological polar surface area (TPSA) is 49.7 Å². The van der Waals surface area contributed by atoms with Gasteiger partial charge in [0.1, 0.15) is 0 Å². The highest BCUT2D eigenvalue weighted by Crippen LogP contribution is 2.37. The normalized spacial score (nSPS) is 22.8. The van der Waals surface area contributed by atoms with Crippen molar-refractivity contribution >= 4 is 0 Å². The fourth-order valence-corrected chi connectivity index (χ4v) is 1.28. The lowest BCUT2D eigenvalue weighted by Gasteiger charge is -2.32. The zero-order chi connectivity index (χ0) is 10.8. The number of alkyl halides is 3. The molecular weight excluding hydrogens is 201 g/mol. The van der Waals surface area contributed by atoms with E-state index in [-0.39, 0.29) is 25.2 Å². The molecule has 0 bridgehead atoms. The zero-order valence-corrected chi connectivity index (χ0v) is 7.34. The van der Waals surface area contributed by atoms with E-state index < -0.39 is 18.4 Å². The predicted molar refractivity (Wildman–Crippen MR) is 41.6 cm³/mol. The van der Waals surface area contributed by atoms with E-state index in [0.717, 1.165) is 6.08 Å². The van der Waals surface area contributed by atoms with Gasteiger partial charge in [-0.2, -0.15) is 13.2 Å². The number of ether oxygens (including phenoxy) is 1. The third kappa shape index (κ3) is 1.92. The van der Waals surface area contributed by atoms with Crippen LogP contribution in [0, 0.1) is 0 Å². The van der Waals surface area contributed by atoms with Crippen molar-refractivity contribution in [2.45, 2.75) is 18.2 Å². The lowest BCUT2D eigenvalue weighted by atomic mass is 9.90. The summed E-state index contributed by atoms with van der Waals surface area (Å²) in [5.41, 5.74) is -3.34. The highest BCUT2D eigenvalue weighted by atomic mass is 19.4. The van der Waals surface area contributed by atoms with Crippen molar-refractivity contribution in [3.8, 4) is 0 Å². The van der Waals surface area contributed by atoms with Gasteiger partial charge in [0.05, 0.1) is 19.8 Å². The van der Waals surface area contributed by atoms with Gasteiger partial charge in [-0.05, 0) is 12.0 Å². The molecule has 82 valence electrons. The summed E-state index contributed by atoms with van der Waals surface area (Å²) in [6.07, 6.45) is -3.71. The minimum Gasteiger partial charge on any atom is -0.393 e. The third-order valence-corrected chi connectivity index (χ3v) is 2.19. The van der Waals surface area contributed by atoms with Gasteiger partial charge in [0.2, 0.25) is 5.60 Å². The molecule has 1 aliphatic heterocycles. The zero-order valence-electron chi connectivity index (χ0n) is 7.34. The van der Waals surface area contributed by atoms with Gasteiger partial charge in [0.15, 0.2) is 0 Å². The summed E-state index contributed by atoms with van der Waals surface area (Å²) >= 11 is 0. The summed E-state index contributed by atoms with van der Waals surface area (Å²) in [6, 6.07) is 0. The first-order valence-corrected chi connectivity index (χ1v) is 4.09. The average molecular weight is 212 g/mol. The molecule has 0 radical (unpaired) electrons. The summed E-state index contributed by atoms with van der Waals surface area (Å²) in [5, 5.41) is 17.9. The van der Waals surface area contributed by atoms with Crippen LogP contribution in [0.1, 0.15) is 6.42 Å². The molecule has 3 nitrogen and oxygen atoms in total. The van der Waals surface area contributed by atoms with Crippen LogP contribution in [0.4, 0.5) is 13.2 Å². The van der Waals surface area contributed by atoms with E-state index >= 15 is 0 Å². The summed E-state index contributed by atoms with van der Waals surface area (Å²) in [5.74, 6) is 0. The molecule has 0 saturated carbocycles. The van der Waals surface area contributed by atoms with Crippen molar-refractivity contribution in [3.05, 3.63) is 11.6 Å². The quantitative estimate of drug-likeness (QED) is 0.660. The van der Waals surface area contributed by atoms with Gasteiger partial charge >= 0.3 is 6.18 Å². The molecular formula is C8H11F3O3. The van der Waals surface area contributed by atoms with Crippen LogP contribution < -0.4 is 0 Å². The number of aliphatic hydroxyl groups is 2. The Morgan fingerprint density at radius 1 is 1.43 bits per heavy atom. The maximum absolute atomic E-state index is 12.4. The number of rotatable bonds is 2. The summed E-state index contributed by atoms with van der Waals surface area (Å²) in [6.45, 7) is -1.19. The highest BCUT2D eigenvalue weighted by molar-refractivity contribution is 5.21. The van der Waals surface area contributed by atoms with Gasteiger partial charge < -0.3 is 14.9 Å². The van der Waals surface area contributed by atoms with E-state index in [9.17, 15) is 18.3 Å². The Labute approximate surface area is 78.8 Å². The molecule has 0 aromatic rings. The molecule has 0 fully saturated rings. The molecule has 1 atom stereocenters. The summed E-state index contributed by atoms with van der Waals surface area (Å²) in [7, 11) is 0. The maximum atomic E-state index is 12.4.